The van der Waals surface area contributed by atoms with Gasteiger partial charge in [0.1, 0.15) is 11.4 Å². The lowest BCUT2D eigenvalue weighted by atomic mass is 9.91. The van der Waals surface area contributed by atoms with Gasteiger partial charge in [-0.05, 0) is 72.9 Å². The number of benzene rings is 4. The molecule has 184 valence electrons. The summed E-state index contributed by atoms with van der Waals surface area (Å²) in [6.45, 7) is 0. The molecule has 3 heterocycles. The van der Waals surface area contributed by atoms with Crippen LogP contribution in [-0.2, 0) is 0 Å². The molecule has 7 rings (SSSR count). The average Bonchev–Trinajstić information content (AvgIpc) is 3.02. The van der Waals surface area contributed by atoms with Gasteiger partial charge in [-0.3, -0.25) is 9.97 Å². The fraction of sp³-hybridized carbons (Fsp3) is 0. The maximum atomic E-state index is 4.79. The maximum absolute atomic E-state index is 4.79. The van der Waals surface area contributed by atoms with E-state index in [2.05, 4.69) is 104 Å². The molecular weight excluding hydrogens is 546 g/mol. The first-order valence-electron chi connectivity index (χ1n) is 12.5. The summed E-state index contributed by atoms with van der Waals surface area (Å²) in [6.07, 6.45) is 3.47. The van der Waals surface area contributed by atoms with Gasteiger partial charge in [0.2, 0.25) is 0 Å². The number of hydrogen-bond acceptors (Lipinski definition) is 5. The topological polar surface area (TPSA) is 64.5 Å². The van der Waals surface area contributed by atoms with Crippen LogP contribution in [0.1, 0.15) is 0 Å². The molecule has 0 aliphatic rings. The van der Waals surface area contributed by atoms with Crippen molar-refractivity contribution in [1.29, 1.82) is 0 Å². The minimum atomic E-state index is 0.509. The molecule has 0 atom stereocenters. The van der Waals surface area contributed by atoms with Gasteiger partial charge in [0, 0.05) is 22.4 Å². The van der Waals surface area contributed by atoms with Crippen molar-refractivity contribution in [3.63, 3.8) is 0 Å². The summed E-state index contributed by atoms with van der Waals surface area (Å²) < 4.78 is 1.11. The van der Waals surface area contributed by atoms with Gasteiger partial charge in [-0.15, -0.1) is 0 Å². The molecule has 0 bridgehead atoms. The van der Waals surface area contributed by atoms with Gasteiger partial charge in [-0.2, -0.15) is 0 Å². The van der Waals surface area contributed by atoms with E-state index in [1.54, 1.807) is 12.4 Å². The van der Waals surface area contributed by atoms with Crippen LogP contribution in [0, 0.1) is 0 Å². The Hall–Kier alpha value is -4.81. The maximum Gasteiger partial charge on any atom is 0.182 e. The molecule has 0 amide bonds. The van der Waals surface area contributed by atoms with E-state index in [-0.39, 0.29) is 0 Å². The third kappa shape index (κ3) is 4.25. The van der Waals surface area contributed by atoms with Gasteiger partial charge in [0.25, 0.3) is 0 Å². The molecule has 3 aromatic heterocycles. The average molecular weight is 566 g/mol. The Morgan fingerprint density at radius 1 is 0.410 bits per heavy atom. The molecule has 0 aliphatic heterocycles. The first kappa shape index (κ1) is 23.3. The Kier molecular flexibility index (Phi) is 5.87. The zero-order valence-electron chi connectivity index (χ0n) is 20.7. The van der Waals surface area contributed by atoms with Crippen molar-refractivity contribution in [2.45, 2.75) is 0 Å². The summed E-state index contributed by atoms with van der Waals surface area (Å²) in [5.41, 5.74) is 4.59. The van der Waals surface area contributed by atoms with E-state index in [9.17, 15) is 0 Å². The standard InChI is InChI=1S/C33H20BrN5/c34-30-25-11-3-1-9-23(25)29(24-10-2-4-12-26(24)30)21-15-17-22(18-16-21)31-37-32(27-13-5-7-19-35-27)39-33(38-31)28-14-6-8-20-36-28/h1-20H. The van der Waals surface area contributed by atoms with Gasteiger partial charge < -0.3 is 0 Å². The third-order valence-electron chi connectivity index (χ3n) is 6.72. The molecule has 5 nitrogen and oxygen atoms in total. The molecule has 0 aliphatic carbocycles. The van der Waals surface area contributed by atoms with Crippen LogP contribution in [0.15, 0.2) is 126 Å². The molecule has 0 unspecified atom stereocenters. The Morgan fingerprint density at radius 2 is 0.846 bits per heavy atom. The van der Waals surface area contributed by atoms with Crippen LogP contribution in [-0.4, -0.2) is 24.9 Å². The second kappa shape index (κ2) is 9.82. The highest BCUT2D eigenvalue weighted by Crippen LogP contribution is 2.41. The summed E-state index contributed by atoms with van der Waals surface area (Å²) in [6, 6.07) is 36.8. The van der Waals surface area contributed by atoms with Crippen molar-refractivity contribution < 1.29 is 0 Å². The predicted octanol–water partition coefficient (Wildman–Crippen LogP) is 8.40. The quantitative estimate of drug-likeness (QED) is 0.200. The van der Waals surface area contributed by atoms with Crippen molar-refractivity contribution in [3.8, 4) is 45.6 Å². The molecule has 4 aromatic carbocycles. The fourth-order valence-electron chi connectivity index (χ4n) is 4.90. The highest BCUT2D eigenvalue weighted by Gasteiger charge is 2.16. The van der Waals surface area contributed by atoms with E-state index in [0.29, 0.717) is 28.9 Å². The largest absolute Gasteiger partial charge is 0.253 e. The third-order valence-corrected chi connectivity index (χ3v) is 7.58. The molecule has 0 saturated heterocycles. The normalized spacial score (nSPS) is 11.2. The van der Waals surface area contributed by atoms with Crippen molar-refractivity contribution in [2.24, 2.45) is 0 Å². The monoisotopic (exact) mass is 565 g/mol. The van der Waals surface area contributed by atoms with Crippen molar-refractivity contribution in [1.82, 2.24) is 24.9 Å². The first-order chi connectivity index (χ1) is 19.3. The van der Waals surface area contributed by atoms with Crippen LogP contribution in [0.25, 0.3) is 67.1 Å². The lowest BCUT2D eigenvalue weighted by Crippen LogP contribution is -2.01. The van der Waals surface area contributed by atoms with E-state index in [1.165, 1.54) is 27.1 Å². The molecule has 7 aromatic rings. The van der Waals surface area contributed by atoms with Gasteiger partial charge in [-0.25, -0.2) is 15.0 Å². The SMILES string of the molecule is Brc1c2ccccc2c(-c2ccc(-c3nc(-c4ccccn4)nc(-c4ccccn4)n3)cc2)c2ccccc12. The summed E-state index contributed by atoms with van der Waals surface area (Å²) in [5, 5.41) is 4.78. The number of aromatic nitrogens is 5. The lowest BCUT2D eigenvalue weighted by molar-refractivity contribution is 1.05. The molecule has 0 saturated carbocycles. The molecule has 0 radical (unpaired) electrons. The van der Waals surface area contributed by atoms with E-state index in [1.807, 2.05) is 36.4 Å². The van der Waals surface area contributed by atoms with E-state index in [0.717, 1.165) is 15.6 Å². The fourth-order valence-corrected chi connectivity index (χ4v) is 5.59. The second-order valence-corrected chi connectivity index (χ2v) is 9.89. The van der Waals surface area contributed by atoms with Gasteiger partial charge in [0.05, 0.1) is 0 Å². The van der Waals surface area contributed by atoms with Crippen molar-refractivity contribution in [2.75, 3.05) is 0 Å². The van der Waals surface area contributed by atoms with Gasteiger partial charge in [0.15, 0.2) is 17.5 Å². The highest BCUT2D eigenvalue weighted by molar-refractivity contribution is 9.10. The van der Waals surface area contributed by atoms with Crippen LogP contribution in [0.2, 0.25) is 0 Å². The number of fused-ring (bicyclic) bond motifs is 2. The molecule has 0 fully saturated rings. The second-order valence-electron chi connectivity index (χ2n) is 9.09. The number of hydrogen-bond donors (Lipinski definition) is 0. The van der Waals surface area contributed by atoms with E-state index >= 15 is 0 Å². The van der Waals surface area contributed by atoms with Crippen LogP contribution in [0.3, 0.4) is 0 Å². The summed E-state index contributed by atoms with van der Waals surface area (Å²) in [7, 11) is 0. The minimum Gasteiger partial charge on any atom is -0.253 e. The minimum absolute atomic E-state index is 0.509. The number of halogens is 1. The molecule has 0 N–H and O–H groups in total. The van der Waals surface area contributed by atoms with E-state index < -0.39 is 0 Å². The number of pyridine rings is 2. The summed E-state index contributed by atoms with van der Waals surface area (Å²) in [5.74, 6) is 1.59. The molecule has 6 heteroatoms. The number of rotatable bonds is 4. The zero-order valence-corrected chi connectivity index (χ0v) is 22.2. The summed E-state index contributed by atoms with van der Waals surface area (Å²) in [4.78, 5) is 23.2. The van der Waals surface area contributed by atoms with Crippen LogP contribution < -0.4 is 0 Å². The summed E-state index contributed by atoms with van der Waals surface area (Å²) >= 11 is 3.85. The first-order valence-corrected chi connectivity index (χ1v) is 13.3. The smallest absolute Gasteiger partial charge is 0.182 e. The van der Waals surface area contributed by atoms with Crippen LogP contribution in [0.5, 0.6) is 0 Å². The Morgan fingerprint density at radius 3 is 1.33 bits per heavy atom. The highest BCUT2D eigenvalue weighted by atomic mass is 79.9. The Labute approximate surface area is 233 Å². The van der Waals surface area contributed by atoms with Gasteiger partial charge in [-0.1, -0.05) is 84.9 Å². The van der Waals surface area contributed by atoms with Gasteiger partial charge >= 0.3 is 0 Å². The van der Waals surface area contributed by atoms with Crippen LogP contribution >= 0.6 is 15.9 Å². The lowest BCUT2D eigenvalue weighted by Gasteiger charge is -2.14. The molecular formula is C33H20BrN5. The predicted molar refractivity (Wildman–Crippen MR) is 160 cm³/mol. The molecule has 0 spiro atoms. The van der Waals surface area contributed by atoms with Crippen molar-refractivity contribution >= 4 is 37.5 Å². The number of nitrogens with zero attached hydrogens (tertiary/aromatic N) is 5. The Bertz CT molecular complexity index is 1840. The zero-order chi connectivity index (χ0) is 26.2. The van der Waals surface area contributed by atoms with Crippen molar-refractivity contribution in [3.05, 3.63) is 126 Å². The Balaban J connectivity index is 1.39. The van der Waals surface area contributed by atoms with Crippen LogP contribution in [0.4, 0.5) is 0 Å². The van der Waals surface area contributed by atoms with E-state index in [4.69, 9.17) is 9.97 Å². The molecule has 39 heavy (non-hydrogen) atoms.